The van der Waals surface area contributed by atoms with Gasteiger partial charge in [-0.3, -0.25) is 9.69 Å². The molecule has 1 aliphatic heterocycles. The molecule has 1 heterocycles. The summed E-state index contributed by atoms with van der Waals surface area (Å²) in [5.74, 6) is -0.632. The average Bonchev–Trinajstić information content (AvgIpc) is 2.53. The molecule has 114 valence electrons. The first kappa shape index (κ1) is 15.2. The Labute approximate surface area is 123 Å². The summed E-state index contributed by atoms with van der Waals surface area (Å²) in [6.07, 6.45) is 1.34. The molecule has 1 saturated heterocycles. The highest BCUT2D eigenvalue weighted by Crippen LogP contribution is 2.23. The number of amides is 2. The second-order valence-electron chi connectivity index (χ2n) is 5.17. The van der Waals surface area contributed by atoms with Crippen LogP contribution in [0.2, 0.25) is 0 Å². The van der Waals surface area contributed by atoms with Gasteiger partial charge >= 0.3 is 12.0 Å². The predicted octanol–water partition coefficient (Wildman–Crippen LogP) is 2.05. The molecule has 2 rings (SSSR count). The molecular formula is C15H20N2O4. The largest absolute Gasteiger partial charge is 0.497 e. The Balaban J connectivity index is 2.09. The summed E-state index contributed by atoms with van der Waals surface area (Å²) in [5, 5.41) is 9.09. The normalized spacial score (nSPS) is 18.2. The van der Waals surface area contributed by atoms with Gasteiger partial charge in [-0.1, -0.05) is 6.07 Å². The fraction of sp³-hybridized carbons (Fsp3) is 0.467. The molecule has 1 fully saturated rings. The summed E-state index contributed by atoms with van der Waals surface area (Å²) in [6, 6.07) is 7.03. The van der Waals surface area contributed by atoms with Gasteiger partial charge < -0.3 is 14.7 Å². The maximum Gasteiger partial charge on any atom is 0.324 e. The zero-order valence-electron chi connectivity index (χ0n) is 12.3. The Hall–Kier alpha value is -2.24. The molecule has 0 radical (unpaired) electrons. The third kappa shape index (κ3) is 3.45. The molecular weight excluding hydrogens is 272 g/mol. The Bertz CT molecular complexity index is 532. The Morgan fingerprint density at radius 1 is 1.43 bits per heavy atom. The van der Waals surface area contributed by atoms with E-state index in [9.17, 15) is 9.59 Å². The number of piperidine rings is 1. The molecule has 0 aromatic heterocycles. The molecule has 1 atom stereocenters. The van der Waals surface area contributed by atoms with Gasteiger partial charge in [0.2, 0.25) is 0 Å². The molecule has 0 unspecified atom stereocenters. The smallest absolute Gasteiger partial charge is 0.324 e. The van der Waals surface area contributed by atoms with Gasteiger partial charge in [0, 0.05) is 31.9 Å². The van der Waals surface area contributed by atoms with Crippen molar-refractivity contribution in [2.75, 3.05) is 32.1 Å². The van der Waals surface area contributed by atoms with Crippen LogP contribution in [0, 0.1) is 5.92 Å². The fourth-order valence-corrected chi connectivity index (χ4v) is 2.49. The van der Waals surface area contributed by atoms with Gasteiger partial charge in [0.1, 0.15) is 5.75 Å². The zero-order valence-corrected chi connectivity index (χ0v) is 12.3. The average molecular weight is 292 g/mol. The lowest BCUT2D eigenvalue weighted by atomic mass is 9.99. The van der Waals surface area contributed by atoms with Crippen LogP contribution in [-0.4, -0.2) is 49.3 Å². The number of carbonyl (C=O) groups excluding carboxylic acids is 1. The number of likely N-dealkylation sites (tertiary alicyclic amines) is 1. The fourth-order valence-electron chi connectivity index (χ4n) is 2.49. The number of carboxylic acids is 1. The molecule has 2 amide bonds. The number of urea groups is 1. The Morgan fingerprint density at radius 2 is 2.19 bits per heavy atom. The van der Waals surface area contributed by atoms with E-state index in [-0.39, 0.29) is 12.6 Å². The van der Waals surface area contributed by atoms with Crippen molar-refractivity contribution in [2.24, 2.45) is 5.92 Å². The van der Waals surface area contributed by atoms with Crippen molar-refractivity contribution >= 4 is 17.7 Å². The lowest BCUT2D eigenvalue weighted by molar-refractivity contribution is -0.143. The minimum atomic E-state index is -0.837. The molecule has 1 aromatic rings. The van der Waals surface area contributed by atoms with Crippen molar-refractivity contribution < 1.29 is 19.4 Å². The molecule has 0 bridgehead atoms. The first-order chi connectivity index (χ1) is 10.0. The number of hydrogen-bond acceptors (Lipinski definition) is 3. The zero-order chi connectivity index (χ0) is 15.4. The summed E-state index contributed by atoms with van der Waals surface area (Å²) in [6.45, 7) is 0.861. The molecule has 0 spiro atoms. The minimum Gasteiger partial charge on any atom is -0.497 e. The number of benzene rings is 1. The summed E-state index contributed by atoms with van der Waals surface area (Å²) >= 11 is 0. The van der Waals surface area contributed by atoms with Crippen LogP contribution in [-0.2, 0) is 4.79 Å². The van der Waals surface area contributed by atoms with Gasteiger partial charge in [-0.15, -0.1) is 0 Å². The van der Waals surface area contributed by atoms with Gasteiger partial charge in [0.05, 0.1) is 13.0 Å². The first-order valence-corrected chi connectivity index (χ1v) is 6.92. The summed E-state index contributed by atoms with van der Waals surface area (Å²) in [5.41, 5.74) is 0.719. The molecule has 21 heavy (non-hydrogen) atoms. The second kappa shape index (κ2) is 6.47. The van der Waals surface area contributed by atoms with Crippen LogP contribution in [0.15, 0.2) is 24.3 Å². The van der Waals surface area contributed by atoms with E-state index >= 15 is 0 Å². The van der Waals surface area contributed by atoms with Crippen LogP contribution in [0.3, 0.4) is 0 Å². The summed E-state index contributed by atoms with van der Waals surface area (Å²) in [4.78, 5) is 26.7. The first-order valence-electron chi connectivity index (χ1n) is 6.92. The number of carbonyl (C=O) groups is 2. The number of carboxylic acid groups (broad SMARTS) is 1. The van der Waals surface area contributed by atoms with E-state index in [0.29, 0.717) is 25.1 Å². The number of rotatable bonds is 3. The lowest BCUT2D eigenvalue weighted by Crippen LogP contribution is -2.47. The quantitative estimate of drug-likeness (QED) is 0.925. The number of nitrogens with zero attached hydrogens (tertiary/aromatic N) is 2. The van der Waals surface area contributed by atoms with Crippen molar-refractivity contribution in [3.63, 3.8) is 0 Å². The van der Waals surface area contributed by atoms with Crippen molar-refractivity contribution in [1.82, 2.24) is 4.90 Å². The minimum absolute atomic E-state index is 0.186. The van der Waals surface area contributed by atoms with Gasteiger partial charge in [0.25, 0.3) is 0 Å². The van der Waals surface area contributed by atoms with Gasteiger partial charge in [-0.05, 0) is 25.0 Å². The molecule has 1 N–H and O–H groups in total. The standard InChI is InChI=1S/C15H20N2O4/c1-16(12-6-3-7-13(9-12)21-2)15(20)17-8-4-5-11(10-17)14(18)19/h3,6-7,9,11H,4-5,8,10H2,1-2H3,(H,18,19)/t11-/m1/s1. The SMILES string of the molecule is COc1cccc(N(C)C(=O)N2CCC[C@@H](C(=O)O)C2)c1. The highest BCUT2D eigenvalue weighted by atomic mass is 16.5. The summed E-state index contributed by atoms with van der Waals surface area (Å²) in [7, 11) is 3.25. The highest BCUT2D eigenvalue weighted by molar-refractivity contribution is 5.92. The molecule has 1 aliphatic rings. The van der Waals surface area contributed by atoms with Crippen LogP contribution in [0.25, 0.3) is 0 Å². The topological polar surface area (TPSA) is 70.1 Å². The van der Waals surface area contributed by atoms with Gasteiger partial charge in [-0.25, -0.2) is 4.79 Å². The van der Waals surface area contributed by atoms with Crippen LogP contribution in [0.4, 0.5) is 10.5 Å². The molecule has 6 nitrogen and oxygen atoms in total. The second-order valence-corrected chi connectivity index (χ2v) is 5.17. The maximum absolute atomic E-state index is 12.5. The van der Waals surface area contributed by atoms with E-state index in [1.807, 2.05) is 18.2 Å². The number of aliphatic carboxylic acids is 1. The third-order valence-corrected chi connectivity index (χ3v) is 3.77. The monoisotopic (exact) mass is 292 g/mol. The molecule has 0 aliphatic carbocycles. The van der Waals surface area contributed by atoms with Crippen molar-refractivity contribution in [3.05, 3.63) is 24.3 Å². The Morgan fingerprint density at radius 3 is 2.86 bits per heavy atom. The Kier molecular flexibility index (Phi) is 4.67. The van der Waals surface area contributed by atoms with E-state index in [1.54, 1.807) is 25.1 Å². The van der Waals surface area contributed by atoms with E-state index in [1.165, 1.54) is 4.90 Å². The molecule has 0 saturated carbocycles. The maximum atomic E-state index is 12.5. The van der Waals surface area contributed by atoms with E-state index in [4.69, 9.17) is 9.84 Å². The van der Waals surface area contributed by atoms with Crippen LogP contribution in [0.1, 0.15) is 12.8 Å². The highest BCUT2D eigenvalue weighted by Gasteiger charge is 2.29. The van der Waals surface area contributed by atoms with E-state index < -0.39 is 11.9 Å². The number of hydrogen-bond donors (Lipinski definition) is 1. The van der Waals surface area contributed by atoms with Crippen LogP contribution in [0.5, 0.6) is 5.75 Å². The number of anilines is 1. The van der Waals surface area contributed by atoms with Crippen LogP contribution >= 0.6 is 0 Å². The van der Waals surface area contributed by atoms with Gasteiger partial charge in [-0.2, -0.15) is 0 Å². The van der Waals surface area contributed by atoms with Crippen molar-refractivity contribution in [2.45, 2.75) is 12.8 Å². The lowest BCUT2D eigenvalue weighted by Gasteiger charge is -2.33. The molecule has 1 aromatic carbocycles. The van der Waals surface area contributed by atoms with Crippen molar-refractivity contribution in [3.8, 4) is 5.75 Å². The van der Waals surface area contributed by atoms with Crippen LogP contribution < -0.4 is 9.64 Å². The molecule has 6 heteroatoms. The van der Waals surface area contributed by atoms with E-state index in [0.717, 1.165) is 5.69 Å². The van der Waals surface area contributed by atoms with E-state index in [2.05, 4.69) is 0 Å². The van der Waals surface area contributed by atoms with Crippen molar-refractivity contribution in [1.29, 1.82) is 0 Å². The predicted molar refractivity (Wildman–Crippen MR) is 78.7 cm³/mol. The number of methoxy groups -OCH3 is 1. The van der Waals surface area contributed by atoms with Gasteiger partial charge in [0.15, 0.2) is 0 Å². The third-order valence-electron chi connectivity index (χ3n) is 3.77. The number of ether oxygens (including phenoxy) is 1. The summed E-state index contributed by atoms with van der Waals surface area (Å²) < 4.78 is 5.15.